The molecule has 0 amide bonds. The van der Waals surface area contributed by atoms with Crippen molar-refractivity contribution in [3.8, 4) is 0 Å². The van der Waals surface area contributed by atoms with E-state index in [1.807, 2.05) is 44.5 Å². The third-order valence-electron chi connectivity index (χ3n) is 2.55. The molecule has 0 radical (unpaired) electrons. The number of allylic oxidation sites excluding steroid dienone is 4. The standard InChI is InChI=1S/C14H20N4/c1-4-12(2)18-14(15-3)17-11-8-13-6-5-9-16-10-7-13/h4-5,7,9-10H,3,6,8,11H2,1-2H3,(H,17,18)/b12-4-. The second-order valence-electron chi connectivity index (χ2n) is 3.92. The topological polar surface area (TPSA) is 49.1 Å². The second-order valence-corrected chi connectivity index (χ2v) is 3.92. The van der Waals surface area contributed by atoms with Gasteiger partial charge in [0.15, 0.2) is 0 Å². The molecule has 18 heavy (non-hydrogen) atoms. The largest absolute Gasteiger partial charge is 0.329 e. The Balaban J connectivity index is 2.47. The molecule has 4 heteroatoms. The molecule has 4 nitrogen and oxygen atoms in total. The lowest BCUT2D eigenvalue weighted by atomic mass is 10.1. The predicted molar refractivity (Wildman–Crippen MR) is 79.4 cm³/mol. The van der Waals surface area contributed by atoms with E-state index in [-0.39, 0.29) is 0 Å². The first-order valence-electron chi connectivity index (χ1n) is 6.03. The fourth-order valence-corrected chi connectivity index (χ4v) is 1.40. The summed E-state index contributed by atoms with van der Waals surface area (Å²) in [4.78, 5) is 12.3. The van der Waals surface area contributed by atoms with Crippen molar-refractivity contribution in [2.75, 3.05) is 6.54 Å². The van der Waals surface area contributed by atoms with Crippen LogP contribution in [0.15, 0.2) is 50.7 Å². The molecule has 96 valence electrons. The van der Waals surface area contributed by atoms with Crippen LogP contribution in [0.4, 0.5) is 0 Å². The maximum atomic E-state index is 4.38. The molecule has 0 aromatic rings. The Morgan fingerprint density at radius 3 is 3.17 bits per heavy atom. The highest BCUT2D eigenvalue weighted by Crippen LogP contribution is 2.09. The van der Waals surface area contributed by atoms with Gasteiger partial charge in [0, 0.05) is 24.7 Å². The van der Waals surface area contributed by atoms with Gasteiger partial charge in [0.05, 0.1) is 0 Å². The van der Waals surface area contributed by atoms with Crippen LogP contribution < -0.4 is 5.32 Å². The molecule has 1 heterocycles. The van der Waals surface area contributed by atoms with E-state index < -0.39 is 0 Å². The molecule has 1 aliphatic rings. The Morgan fingerprint density at radius 2 is 2.44 bits per heavy atom. The minimum atomic E-state index is 0.573. The Kier molecular flexibility index (Phi) is 6.40. The highest BCUT2D eigenvalue weighted by atomic mass is 15.1. The molecule has 1 rings (SSSR count). The molecule has 0 aromatic heterocycles. The van der Waals surface area contributed by atoms with E-state index in [2.05, 4.69) is 27.0 Å². The van der Waals surface area contributed by atoms with Crippen molar-refractivity contribution in [3.05, 3.63) is 35.7 Å². The van der Waals surface area contributed by atoms with Gasteiger partial charge in [-0.1, -0.05) is 17.7 Å². The summed E-state index contributed by atoms with van der Waals surface area (Å²) in [6, 6.07) is 0. The monoisotopic (exact) mass is 244 g/mol. The molecular weight excluding hydrogens is 224 g/mol. The lowest BCUT2D eigenvalue weighted by molar-refractivity contribution is 0.908. The molecule has 1 aliphatic heterocycles. The molecule has 0 unspecified atom stereocenters. The lowest BCUT2D eigenvalue weighted by Crippen LogP contribution is -2.19. The molecule has 0 saturated carbocycles. The maximum absolute atomic E-state index is 4.38. The zero-order chi connectivity index (χ0) is 13.2. The predicted octanol–water partition coefficient (Wildman–Crippen LogP) is 2.86. The highest BCUT2D eigenvalue weighted by Gasteiger charge is 1.98. The zero-order valence-electron chi connectivity index (χ0n) is 11.1. The molecule has 0 atom stereocenters. The SMILES string of the molecule is C=NC(=NCCC1=CC=NC=CC1)N/C(C)=C\C. The fourth-order valence-electron chi connectivity index (χ4n) is 1.40. The Labute approximate surface area is 109 Å². The summed E-state index contributed by atoms with van der Waals surface area (Å²) in [6.07, 6.45) is 11.5. The van der Waals surface area contributed by atoms with Crippen molar-refractivity contribution >= 4 is 18.9 Å². The first-order chi connectivity index (χ1) is 8.76. The number of rotatable bonds is 4. The van der Waals surface area contributed by atoms with Crippen LogP contribution in [-0.2, 0) is 0 Å². The van der Waals surface area contributed by atoms with Crippen LogP contribution in [-0.4, -0.2) is 25.4 Å². The van der Waals surface area contributed by atoms with Crippen LogP contribution in [0.2, 0.25) is 0 Å². The highest BCUT2D eigenvalue weighted by molar-refractivity contribution is 5.85. The van der Waals surface area contributed by atoms with Crippen molar-refractivity contribution < 1.29 is 0 Å². The zero-order valence-corrected chi connectivity index (χ0v) is 11.1. The minimum Gasteiger partial charge on any atom is -0.329 e. The van der Waals surface area contributed by atoms with Crippen molar-refractivity contribution in [3.63, 3.8) is 0 Å². The van der Waals surface area contributed by atoms with E-state index in [1.165, 1.54) is 5.57 Å². The number of hydrogen-bond donors (Lipinski definition) is 1. The summed E-state index contributed by atoms with van der Waals surface area (Å²) in [5.41, 5.74) is 2.34. The van der Waals surface area contributed by atoms with Crippen molar-refractivity contribution in [1.29, 1.82) is 0 Å². The van der Waals surface area contributed by atoms with Crippen molar-refractivity contribution in [1.82, 2.24) is 5.32 Å². The fraction of sp³-hybridized carbons (Fsp3) is 0.357. The van der Waals surface area contributed by atoms with Gasteiger partial charge in [0.2, 0.25) is 5.96 Å². The molecule has 0 bridgehead atoms. The van der Waals surface area contributed by atoms with Gasteiger partial charge < -0.3 is 5.32 Å². The summed E-state index contributed by atoms with van der Waals surface area (Å²) in [5.74, 6) is 0.573. The number of aliphatic imine (C=N–C) groups is 3. The normalized spacial score (nSPS) is 16.2. The van der Waals surface area contributed by atoms with Crippen LogP contribution in [0.3, 0.4) is 0 Å². The van der Waals surface area contributed by atoms with Gasteiger partial charge in [-0.15, -0.1) is 0 Å². The third-order valence-corrected chi connectivity index (χ3v) is 2.55. The Morgan fingerprint density at radius 1 is 1.61 bits per heavy atom. The van der Waals surface area contributed by atoms with Gasteiger partial charge in [-0.05, 0) is 39.5 Å². The van der Waals surface area contributed by atoms with Gasteiger partial charge in [-0.25, -0.2) is 4.99 Å². The van der Waals surface area contributed by atoms with E-state index >= 15 is 0 Å². The number of nitrogens with one attached hydrogen (secondary N) is 1. The molecule has 1 N–H and O–H groups in total. The average molecular weight is 244 g/mol. The summed E-state index contributed by atoms with van der Waals surface area (Å²) >= 11 is 0. The van der Waals surface area contributed by atoms with Gasteiger partial charge in [-0.3, -0.25) is 9.98 Å². The quantitative estimate of drug-likeness (QED) is 0.600. The number of hydrogen-bond acceptors (Lipinski definition) is 2. The van der Waals surface area contributed by atoms with E-state index in [9.17, 15) is 0 Å². The van der Waals surface area contributed by atoms with E-state index in [0.717, 1.165) is 18.5 Å². The van der Waals surface area contributed by atoms with Crippen LogP contribution in [0, 0.1) is 0 Å². The lowest BCUT2D eigenvalue weighted by Gasteiger charge is -2.05. The van der Waals surface area contributed by atoms with Gasteiger partial charge in [0.1, 0.15) is 0 Å². The summed E-state index contributed by atoms with van der Waals surface area (Å²) < 4.78 is 0. The molecule has 0 spiro atoms. The van der Waals surface area contributed by atoms with Gasteiger partial charge in [-0.2, -0.15) is 0 Å². The molecule has 0 saturated heterocycles. The summed E-state index contributed by atoms with van der Waals surface area (Å²) in [5, 5.41) is 3.09. The van der Waals surface area contributed by atoms with Crippen molar-refractivity contribution in [2.45, 2.75) is 26.7 Å². The summed E-state index contributed by atoms with van der Waals surface area (Å²) in [7, 11) is 0. The molecule has 0 aliphatic carbocycles. The van der Waals surface area contributed by atoms with Gasteiger partial charge in [0.25, 0.3) is 0 Å². The van der Waals surface area contributed by atoms with Crippen molar-refractivity contribution in [2.24, 2.45) is 15.0 Å². The smallest absolute Gasteiger partial charge is 0.221 e. The van der Waals surface area contributed by atoms with Gasteiger partial charge >= 0.3 is 0 Å². The molecular formula is C14H20N4. The molecule has 0 fully saturated rings. The average Bonchev–Trinajstić information content (AvgIpc) is 2.66. The minimum absolute atomic E-state index is 0.573. The van der Waals surface area contributed by atoms with E-state index in [4.69, 9.17) is 0 Å². The van der Waals surface area contributed by atoms with Crippen LogP contribution in [0.1, 0.15) is 26.7 Å². The third kappa shape index (κ3) is 5.39. The summed E-state index contributed by atoms with van der Waals surface area (Å²) in [6.45, 7) is 8.14. The number of guanidine groups is 1. The van der Waals surface area contributed by atoms with Crippen LogP contribution in [0.5, 0.6) is 0 Å². The molecule has 0 aromatic carbocycles. The Hall–Kier alpha value is -1.97. The van der Waals surface area contributed by atoms with E-state index in [1.54, 1.807) is 0 Å². The second kappa shape index (κ2) is 8.17. The van der Waals surface area contributed by atoms with Crippen LogP contribution >= 0.6 is 0 Å². The maximum Gasteiger partial charge on any atom is 0.221 e. The number of nitrogens with zero attached hydrogens (tertiary/aromatic N) is 3. The Bertz CT molecular complexity index is 425. The first-order valence-corrected chi connectivity index (χ1v) is 6.03. The first kappa shape index (κ1) is 14.1. The van der Waals surface area contributed by atoms with Crippen LogP contribution in [0.25, 0.3) is 0 Å². The van der Waals surface area contributed by atoms with E-state index in [0.29, 0.717) is 12.5 Å².